The Morgan fingerprint density at radius 3 is 2.88 bits per heavy atom. The maximum absolute atomic E-state index is 13.0. The van der Waals surface area contributed by atoms with Crippen molar-refractivity contribution in [2.24, 2.45) is 0 Å². The molecule has 0 amide bonds. The fourth-order valence-corrected chi connectivity index (χ4v) is 1.68. The summed E-state index contributed by atoms with van der Waals surface area (Å²) >= 11 is 0. The van der Waals surface area contributed by atoms with E-state index < -0.39 is 17.6 Å². The van der Waals surface area contributed by atoms with Crippen molar-refractivity contribution in [3.8, 4) is 0 Å². The second-order valence-electron chi connectivity index (χ2n) is 3.68. The van der Waals surface area contributed by atoms with Crippen molar-refractivity contribution in [2.45, 2.75) is 6.11 Å². The Kier molecular flexibility index (Phi) is 2.93. The number of non-ortho nitro benzene ring substituents is 1. The summed E-state index contributed by atoms with van der Waals surface area (Å²) < 4.78 is 30.3. The average Bonchev–Trinajstić information content (AvgIpc) is 2.28. The Morgan fingerprint density at radius 1 is 1.47 bits per heavy atom. The molecule has 1 saturated heterocycles. The molecule has 1 aromatic carbocycles. The number of rotatable bonds is 2. The van der Waals surface area contributed by atoms with Crippen LogP contribution in [-0.4, -0.2) is 30.7 Å². The molecule has 1 aliphatic heterocycles. The molecule has 0 aliphatic carbocycles. The third kappa shape index (κ3) is 2.68. The summed E-state index contributed by atoms with van der Waals surface area (Å²) in [5.41, 5.74) is 0.291. The summed E-state index contributed by atoms with van der Waals surface area (Å²) in [6.07, 6.45) is -3.21. The van der Waals surface area contributed by atoms with Crippen molar-refractivity contribution in [3.05, 3.63) is 34.4 Å². The predicted octanol–water partition coefficient (Wildman–Crippen LogP) is 2.02. The molecule has 1 aliphatic rings. The van der Waals surface area contributed by atoms with E-state index >= 15 is 0 Å². The average molecular weight is 244 g/mol. The molecule has 17 heavy (non-hydrogen) atoms. The Hall–Kier alpha value is -1.76. The van der Waals surface area contributed by atoms with Gasteiger partial charge in [-0.25, -0.2) is 0 Å². The summed E-state index contributed by atoms with van der Waals surface area (Å²) in [6, 6.07) is 5.64. The minimum Gasteiger partial charge on any atom is -0.360 e. The molecule has 1 fully saturated rings. The second kappa shape index (κ2) is 4.25. The molecule has 0 unspecified atom stereocenters. The molecule has 1 aromatic rings. The molecule has 7 heteroatoms. The van der Waals surface area contributed by atoms with Crippen LogP contribution in [-0.2, 0) is 4.74 Å². The van der Waals surface area contributed by atoms with Gasteiger partial charge in [0.1, 0.15) is 6.54 Å². The van der Waals surface area contributed by atoms with Crippen LogP contribution in [0.2, 0.25) is 0 Å². The van der Waals surface area contributed by atoms with Crippen molar-refractivity contribution < 1.29 is 18.4 Å². The van der Waals surface area contributed by atoms with Crippen molar-refractivity contribution in [3.63, 3.8) is 0 Å². The van der Waals surface area contributed by atoms with Crippen molar-refractivity contribution in [1.29, 1.82) is 0 Å². The van der Waals surface area contributed by atoms with E-state index in [0.717, 1.165) is 0 Å². The molecule has 5 nitrogen and oxygen atoms in total. The van der Waals surface area contributed by atoms with Crippen LogP contribution in [0.15, 0.2) is 24.3 Å². The Morgan fingerprint density at radius 2 is 2.24 bits per heavy atom. The Balaban J connectivity index is 2.22. The highest BCUT2D eigenvalue weighted by atomic mass is 19.3. The van der Waals surface area contributed by atoms with E-state index in [1.807, 2.05) is 0 Å². The number of ether oxygens (including phenoxy) is 1. The topological polar surface area (TPSA) is 55.6 Å². The third-order valence-electron chi connectivity index (χ3n) is 2.46. The van der Waals surface area contributed by atoms with E-state index in [-0.39, 0.29) is 18.8 Å². The molecule has 1 heterocycles. The first-order chi connectivity index (χ1) is 7.98. The summed E-state index contributed by atoms with van der Waals surface area (Å²) in [5, 5.41) is 10.6. The quantitative estimate of drug-likeness (QED) is 0.590. The van der Waals surface area contributed by atoms with Crippen LogP contribution < -0.4 is 4.90 Å². The fourth-order valence-electron chi connectivity index (χ4n) is 1.68. The lowest BCUT2D eigenvalue weighted by atomic mass is 10.2. The highest BCUT2D eigenvalue weighted by molar-refractivity contribution is 5.53. The number of anilines is 1. The van der Waals surface area contributed by atoms with Gasteiger partial charge in [-0.1, -0.05) is 6.07 Å². The summed E-state index contributed by atoms with van der Waals surface area (Å²) in [7, 11) is 0. The van der Waals surface area contributed by atoms with Crippen LogP contribution >= 0.6 is 0 Å². The molecule has 0 spiro atoms. The summed E-state index contributed by atoms with van der Waals surface area (Å²) in [4.78, 5) is 11.4. The van der Waals surface area contributed by atoms with Crippen molar-refractivity contribution in [1.82, 2.24) is 0 Å². The van der Waals surface area contributed by atoms with Crippen molar-refractivity contribution in [2.75, 3.05) is 24.6 Å². The van der Waals surface area contributed by atoms with Crippen LogP contribution in [0, 0.1) is 10.1 Å². The van der Waals surface area contributed by atoms with Gasteiger partial charge in [0.25, 0.3) is 5.69 Å². The van der Waals surface area contributed by atoms with Gasteiger partial charge in [-0.3, -0.25) is 10.1 Å². The van der Waals surface area contributed by atoms with E-state index in [4.69, 9.17) is 0 Å². The molecule has 0 atom stereocenters. The van der Waals surface area contributed by atoms with Crippen LogP contribution in [0.4, 0.5) is 20.2 Å². The molecule has 0 N–H and O–H groups in total. The molecule has 2 rings (SSSR count). The first-order valence-electron chi connectivity index (χ1n) is 4.99. The van der Waals surface area contributed by atoms with Crippen LogP contribution in [0.1, 0.15) is 0 Å². The highest BCUT2D eigenvalue weighted by Crippen LogP contribution is 2.27. The van der Waals surface area contributed by atoms with E-state index in [9.17, 15) is 18.9 Å². The largest absolute Gasteiger partial charge is 0.373 e. The van der Waals surface area contributed by atoms with E-state index in [2.05, 4.69) is 4.74 Å². The highest BCUT2D eigenvalue weighted by Gasteiger charge is 2.36. The van der Waals surface area contributed by atoms with Crippen molar-refractivity contribution >= 4 is 11.4 Å². The maximum atomic E-state index is 13.0. The summed E-state index contributed by atoms with van der Waals surface area (Å²) in [5.74, 6) is 0. The fraction of sp³-hybridized carbons (Fsp3) is 0.400. The number of alkyl halides is 2. The van der Waals surface area contributed by atoms with Gasteiger partial charge in [0.2, 0.25) is 0 Å². The van der Waals surface area contributed by atoms with Gasteiger partial charge in [0, 0.05) is 24.4 Å². The zero-order valence-electron chi connectivity index (χ0n) is 8.81. The zero-order valence-corrected chi connectivity index (χ0v) is 8.81. The maximum Gasteiger partial charge on any atom is 0.373 e. The predicted molar refractivity (Wildman–Crippen MR) is 56.2 cm³/mol. The number of nitro groups is 1. The van der Waals surface area contributed by atoms with Gasteiger partial charge in [-0.15, -0.1) is 0 Å². The molecule has 0 aromatic heterocycles. The van der Waals surface area contributed by atoms with Gasteiger partial charge in [0.05, 0.1) is 11.5 Å². The standard InChI is InChI=1S/C10H10F2N2O3/c11-10(12)7-13(4-5-17-10)8-2-1-3-9(6-8)14(15)16/h1-3,6H,4-5,7H2. The first kappa shape index (κ1) is 11.7. The molecule has 0 saturated carbocycles. The number of nitro benzene ring substituents is 1. The van der Waals surface area contributed by atoms with Gasteiger partial charge < -0.3 is 9.64 Å². The van der Waals surface area contributed by atoms with E-state index in [1.54, 1.807) is 6.07 Å². The lowest BCUT2D eigenvalue weighted by molar-refractivity contribution is -0.384. The van der Waals surface area contributed by atoms with Crippen LogP contribution in [0.25, 0.3) is 0 Å². The minimum absolute atomic E-state index is 0.101. The molecular weight excluding hydrogens is 234 g/mol. The Bertz CT molecular complexity index is 439. The van der Waals surface area contributed by atoms with Crippen LogP contribution in [0.3, 0.4) is 0 Å². The SMILES string of the molecule is O=[N+]([O-])c1cccc(N2CCOC(F)(F)C2)c1. The third-order valence-corrected chi connectivity index (χ3v) is 2.46. The summed E-state index contributed by atoms with van der Waals surface area (Å²) in [6.45, 7) is -0.402. The number of hydrogen-bond donors (Lipinski definition) is 0. The zero-order chi connectivity index (χ0) is 12.5. The molecule has 92 valence electrons. The van der Waals surface area contributed by atoms with Crippen LogP contribution in [0.5, 0.6) is 0 Å². The molecule has 0 bridgehead atoms. The Labute approximate surface area is 95.7 Å². The van der Waals surface area contributed by atoms with E-state index in [0.29, 0.717) is 5.69 Å². The second-order valence-corrected chi connectivity index (χ2v) is 3.68. The normalized spacial score (nSPS) is 19.1. The van der Waals surface area contributed by atoms with Gasteiger partial charge in [-0.05, 0) is 6.07 Å². The smallest absolute Gasteiger partial charge is 0.360 e. The first-order valence-corrected chi connectivity index (χ1v) is 4.99. The number of halogens is 2. The minimum atomic E-state index is -3.21. The van der Waals surface area contributed by atoms with Gasteiger partial charge >= 0.3 is 6.11 Å². The number of benzene rings is 1. The monoisotopic (exact) mass is 244 g/mol. The molecular formula is C10H10F2N2O3. The lowest BCUT2D eigenvalue weighted by Gasteiger charge is -2.33. The number of nitrogens with zero attached hydrogens (tertiary/aromatic N) is 2. The van der Waals surface area contributed by atoms with Gasteiger partial charge in [-0.2, -0.15) is 8.78 Å². The van der Waals surface area contributed by atoms with E-state index in [1.165, 1.54) is 23.1 Å². The number of hydrogen-bond acceptors (Lipinski definition) is 4. The lowest BCUT2D eigenvalue weighted by Crippen LogP contribution is -2.46. The number of morpholine rings is 1. The molecule has 0 radical (unpaired) electrons. The van der Waals surface area contributed by atoms with Gasteiger partial charge in [0.15, 0.2) is 0 Å².